The van der Waals surface area contributed by atoms with Crippen molar-refractivity contribution in [2.45, 2.75) is 0 Å². The number of hydrogen-bond acceptors (Lipinski definition) is 8. The Balaban J connectivity index is 1.12. The van der Waals surface area contributed by atoms with E-state index in [1.54, 1.807) is 22.7 Å². The second-order valence-electron chi connectivity index (χ2n) is 5.98. The maximum atomic E-state index is 4.65. The Labute approximate surface area is 187 Å². The number of thioether (sulfide) groups is 2. The molecule has 8 heteroatoms. The van der Waals surface area contributed by atoms with Gasteiger partial charge in [-0.25, -0.2) is 9.97 Å². The van der Waals surface area contributed by atoms with Gasteiger partial charge in [-0.15, -0.1) is 46.2 Å². The van der Waals surface area contributed by atoms with Crippen LogP contribution in [-0.2, 0) is 0 Å². The molecular formula is C21H20N4S4. The summed E-state index contributed by atoms with van der Waals surface area (Å²) in [6, 6.07) is 20.5. The lowest BCUT2D eigenvalue weighted by atomic mass is 10.2. The maximum absolute atomic E-state index is 4.65. The zero-order valence-electron chi connectivity index (χ0n) is 15.6. The molecule has 0 saturated carbocycles. The quantitative estimate of drug-likeness (QED) is 0.202. The molecular weight excluding hydrogens is 437 g/mol. The Bertz CT molecular complexity index is 920. The van der Waals surface area contributed by atoms with Gasteiger partial charge in [0.2, 0.25) is 0 Å². The van der Waals surface area contributed by atoms with Crippen LogP contribution in [0.4, 0.5) is 10.3 Å². The number of thiazole rings is 2. The Hall–Kier alpha value is -2.00. The van der Waals surface area contributed by atoms with E-state index in [4.69, 9.17) is 0 Å². The molecule has 0 unspecified atom stereocenters. The highest BCUT2D eigenvalue weighted by Gasteiger charge is 2.05. The van der Waals surface area contributed by atoms with Crippen molar-refractivity contribution in [2.24, 2.45) is 0 Å². The van der Waals surface area contributed by atoms with Gasteiger partial charge in [-0.1, -0.05) is 60.7 Å². The summed E-state index contributed by atoms with van der Waals surface area (Å²) in [5.74, 6) is 1.70. The molecule has 0 saturated heterocycles. The van der Waals surface area contributed by atoms with Gasteiger partial charge in [0.25, 0.3) is 0 Å². The zero-order valence-corrected chi connectivity index (χ0v) is 18.8. The van der Waals surface area contributed by atoms with Gasteiger partial charge in [-0.2, -0.15) is 0 Å². The minimum absolute atomic E-state index is 0.851. The molecule has 0 atom stereocenters. The normalized spacial score (nSPS) is 10.8. The van der Waals surface area contributed by atoms with Crippen molar-refractivity contribution in [1.29, 1.82) is 0 Å². The van der Waals surface area contributed by atoms with Crippen molar-refractivity contribution in [3.8, 4) is 22.5 Å². The molecule has 2 aromatic heterocycles. The fraction of sp³-hybridized carbons (Fsp3) is 0.143. The first-order valence-electron chi connectivity index (χ1n) is 9.03. The summed E-state index contributed by atoms with van der Waals surface area (Å²) < 4.78 is 0. The minimum Gasteiger partial charge on any atom is -0.352 e. The Kier molecular flexibility index (Phi) is 7.47. The molecule has 2 aromatic carbocycles. The number of rotatable bonds is 10. The average Bonchev–Trinajstić information content (AvgIpc) is 3.44. The van der Waals surface area contributed by atoms with Crippen LogP contribution in [0.5, 0.6) is 0 Å². The highest BCUT2D eigenvalue weighted by atomic mass is 32.2. The van der Waals surface area contributed by atoms with Crippen LogP contribution in [-0.4, -0.2) is 26.8 Å². The van der Waals surface area contributed by atoms with E-state index < -0.39 is 0 Å². The summed E-state index contributed by atoms with van der Waals surface area (Å²) in [7, 11) is 0. The summed E-state index contributed by atoms with van der Waals surface area (Å²) in [5, 5.41) is 13.9. The summed E-state index contributed by atoms with van der Waals surface area (Å²) >= 11 is 7.00. The molecule has 0 aliphatic carbocycles. The Morgan fingerprint density at radius 3 is 1.55 bits per heavy atom. The van der Waals surface area contributed by atoms with Gasteiger partial charge in [0.05, 0.1) is 23.1 Å². The van der Waals surface area contributed by atoms with Gasteiger partial charge in [0, 0.05) is 27.0 Å². The smallest absolute Gasteiger partial charge is 0.183 e. The van der Waals surface area contributed by atoms with E-state index in [9.17, 15) is 0 Å². The van der Waals surface area contributed by atoms with Gasteiger partial charge in [0.1, 0.15) is 0 Å². The van der Waals surface area contributed by atoms with E-state index in [0.29, 0.717) is 0 Å². The van der Waals surface area contributed by atoms with Crippen LogP contribution in [0.2, 0.25) is 0 Å². The minimum atomic E-state index is 0.851. The molecule has 0 aliphatic rings. The molecule has 4 nitrogen and oxygen atoms in total. The van der Waals surface area contributed by atoms with Crippen LogP contribution < -0.4 is 10.6 Å². The number of nitrogens with one attached hydrogen (secondary N) is 2. The summed E-state index contributed by atoms with van der Waals surface area (Å²) in [6.45, 7) is 0. The van der Waals surface area contributed by atoms with E-state index in [1.165, 1.54) is 0 Å². The third-order valence-corrected chi connectivity index (χ3v) is 7.60. The van der Waals surface area contributed by atoms with Crippen molar-refractivity contribution in [1.82, 2.24) is 9.97 Å². The van der Waals surface area contributed by atoms with Crippen LogP contribution >= 0.6 is 46.2 Å². The molecule has 29 heavy (non-hydrogen) atoms. The van der Waals surface area contributed by atoms with Gasteiger partial charge >= 0.3 is 0 Å². The van der Waals surface area contributed by atoms with Crippen molar-refractivity contribution < 1.29 is 0 Å². The number of benzene rings is 2. The van der Waals surface area contributed by atoms with Gasteiger partial charge in [-0.3, -0.25) is 0 Å². The van der Waals surface area contributed by atoms with E-state index in [1.807, 2.05) is 59.9 Å². The molecule has 2 heterocycles. The number of anilines is 2. The lowest BCUT2D eigenvalue weighted by molar-refractivity contribution is 1.34. The van der Waals surface area contributed by atoms with Crippen LogP contribution in [0.15, 0.2) is 71.4 Å². The van der Waals surface area contributed by atoms with Crippen LogP contribution in [0, 0.1) is 0 Å². The fourth-order valence-corrected chi connectivity index (χ4v) is 5.80. The second-order valence-corrected chi connectivity index (χ2v) is 10.0. The van der Waals surface area contributed by atoms with Crippen molar-refractivity contribution in [2.75, 3.05) is 27.5 Å². The molecule has 0 radical (unpaired) electrons. The highest BCUT2D eigenvalue weighted by molar-refractivity contribution is 8.16. The largest absolute Gasteiger partial charge is 0.352 e. The van der Waals surface area contributed by atoms with Crippen molar-refractivity contribution in [3.05, 3.63) is 71.4 Å². The lowest BCUT2D eigenvalue weighted by Gasteiger charge is -2.04. The molecule has 2 N–H and O–H groups in total. The fourth-order valence-electron chi connectivity index (χ4n) is 2.56. The predicted molar refractivity (Wildman–Crippen MR) is 132 cm³/mol. The number of hydrogen-bond donors (Lipinski definition) is 2. The average molecular weight is 457 g/mol. The summed E-state index contributed by atoms with van der Waals surface area (Å²) in [5.41, 5.74) is 4.37. The zero-order chi connectivity index (χ0) is 19.7. The molecule has 4 rings (SSSR count). The van der Waals surface area contributed by atoms with Crippen LogP contribution in [0.25, 0.3) is 22.5 Å². The van der Waals surface area contributed by atoms with Gasteiger partial charge in [0.15, 0.2) is 10.3 Å². The van der Waals surface area contributed by atoms with Crippen molar-refractivity contribution in [3.63, 3.8) is 0 Å². The van der Waals surface area contributed by atoms with E-state index in [-0.39, 0.29) is 0 Å². The molecule has 0 spiro atoms. The molecule has 4 aromatic rings. The van der Waals surface area contributed by atoms with E-state index in [0.717, 1.165) is 49.6 Å². The molecule has 148 valence electrons. The number of aromatic nitrogens is 2. The van der Waals surface area contributed by atoms with Crippen LogP contribution in [0.1, 0.15) is 0 Å². The molecule has 0 fully saturated rings. The maximum Gasteiger partial charge on any atom is 0.183 e. The van der Waals surface area contributed by atoms with Crippen molar-refractivity contribution >= 4 is 56.5 Å². The standard InChI is InChI=1S/C21H20N4S4/c1-3-7-16(8-4-1)18-11-28-20(24-18)22-13-26-15-27-14-23-21-25-19(12-29-21)17-9-5-2-6-10-17/h1-12H,13-15H2,(H,22,24)(H,23,25). The first kappa shape index (κ1) is 20.3. The highest BCUT2D eigenvalue weighted by Crippen LogP contribution is 2.26. The topological polar surface area (TPSA) is 49.8 Å². The van der Waals surface area contributed by atoms with E-state index in [2.05, 4.69) is 55.6 Å². The first-order valence-corrected chi connectivity index (χ1v) is 13.1. The van der Waals surface area contributed by atoms with E-state index >= 15 is 0 Å². The molecule has 0 aliphatic heterocycles. The lowest BCUT2D eigenvalue weighted by Crippen LogP contribution is -1.99. The summed E-state index contributed by atoms with van der Waals surface area (Å²) in [4.78, 5) is 9.30. The molecule has 0 bridgehead atoms. The molecule has 0 amide bonds. The predicted octanol–water partition coefficient (Wildman–Crippen LogP) is 6.80. The third kappa shape index (κ3) is 5.99. The Morgan fingerprint density at radius 1 is 0.655 bits per heavy atom. The van der Waals surface area contributed by atoms with Gasteiger partial charge < -0.3 is 10.6 Å². The first-order chi connectivity index (χ1) is 14.4. The second kappa shape index (κ2) is 10.7. The summed E-state index contributed by atoms with van der Waals surface area (Å²) in [6.07, 6.45) is 0. The SMILES string of the molecule is c1ccc(-c2csc(NCSCSCNc3nc(-c4ccccc4)cs3)n2)cc1. The number of nitrogens with zero attached hydrogens (tertiary/aromatic N) is 2. The van der Waals surface area contributed by atoms with Crippen LogP contribution in [0.3, 0.4) is 0 Å². The third-order valence-electron chi connectivity index (χ3n) is 3.97. The Morgan fingerprint density at radius 2 is 1.10 bits per heavy atom. The van der Waals surface area contributed by atoms with Gasteiger partial charge in [-0.05, 0) is 0 Å². The monoisotopic (exact) mass is 456 g/mol.